The van der Waals surface area contributed by atoms with Gasteiger partial charge in [0.15, 0.2) is 0 Å². The lowest BCUT2D eigenvalue weighted by Crippen LogP contribution is -2.40. The third-order valence-corrected chi connectivity index (χ3v) is 6.72. The molecule has 7 heteroatoms. The number of nitrogens with zero attached hydrogens (tertiary/aromatic N) is 3. The van der Waals surface area contributed by atoms with Gasteiger partial charge in [0.25, 0.3) is 5.56 Å². The molecule has 0 spiro atoms. The molecule has 1 aliphatic rings. The minimum absolute atomic E-state index is 0.0510. The molecule has 1 fully saturated rings. The number of aromatic nitrogens is 2. The highest BCUT2D eigenvalue weighted by Crippen LogP contribution is 2.31. The van der Waals surface area contributed by atoms with Crippen molar-refractivity contribution >= 4 is 28.4 Å². The van der Waals surface area contributed by atoms with Crippen LogP contribution >= 0.6 is 11.6 Å². The number of fused-ring (bicyclic) bond motifs is 1. The zero-order valence-electron chi connectivity index (χ0n) is 19.4. The Bertz CT molecular complexity index is 1200. The second kappa shape index (κ2) is 9.96. The number of ether oxygens (including phenoxy) is 1. The SMILES string of the molecule is CCCN(C(=O)C1CCCC1)C(C)c1nc2cc(Cl)ccc2c(=O)n1-c1ccc(OC)cc1. The van der Waals surface area contributed by atoms with Crippen molar-refractivity contribution in [3.05, 3.63) is 63.7 Å². The molecule has 1 heterocycles. The molecule has 1 saturated carbocycles. The second-order valence-corrected chi connectivity index (χ2v) is 9.10. The van der Waals surface area contributed by atoms with Gasteiger partial charge in [-0.1, -0.05) is 31.4 Å². The number of methoxy groups -OCH3 is 1. The molecule has 6 nitrogen and oxygen atoms in total. The second-order valence-electron chi connectivity index (χ2n) is 8.66. The zero-order valence-corrected chi connectivity index (χ0v) is 20.1. The minimum atomic E-state index is -0.378. The van der Waals surface area contributed by atoms with Crippen LogP contribution in [0.3, 0.4) is 0 Å². The van der Waals surface area contributed by atoms with Crippen LogP contribution in [0.2, 0.25) is 5.02 Å². The molecule has 0 bridgehead atoms. The maximum absolute atomic E-state index is 13.7. The summed E-state index contributed by atoms with van der Waals surface area (Å²) in [6, 6.07) is 12.0. The number of rotatable bonds is 7. The summed E-state index contributed by atoms with van der Waals surface area (Å²) in [5.74, 6) is 1.43. The molecule has 33 heavy (non-hydrogen) atoms. The Hall–Kier alpha value is -2.86. The Kier molecular flexibility index (Phi) is 7.03. The molecular formula is C26H30ClN3O3. The lowest BCUT2D eigenvalue weighted by molar-refractivity contribution is -0.137. The summed E-state index contributed by atoms with van der Waals surface area (Å²) in [5.41, 5.74) is 1.02. The van der Waals surface area contributed by atoms with E-state index >= 15 is 0 Å². The predicted octanol–water partition coefficient (Wildman–Crippen LogP) is 5.54. The summed E-state index contributed by atoms with van der Waals surface area (Å²) >= 11 is 6.21. The van der Waals surface area contributed by atoms with Crippen LogP contribution in [0.25, 0.3) is 16.6 Å². The van der Waals surface area contributed by atoms with Gasteiger partial charge in [0.2, 0.25) is 5.91 Å². The van der Waals surface area contributed by atoms with E-state index in [4.69, 9.17) is 21.3 Å². The van der Waals surface area contributed by atoms with E-state index in [1.165, 1.54) is 0 Å². The highest BCUT2D eigenvalue weighted by Gasteiger charge is 2.32. The summed E-state index contributed by atoms with van der Waals surface area (Å²) in [7, 11) is 1.60. The molecule has 1 aromatic heterocycles. The van der Waals surface area contributed by atoms with E-state index < -0.39 is 0 Å². The number of halogens is 1. The molecule has 1 unspecified atom stereocenters. The van der Waals surface area contributed by atoms with Gasteiger partial charge in [-0.25, -0.2) is 4.98 Å². The van der Waals surface area contributed by atoms with Gasteiger partial charge in [-0.2, -0.15) is 0 Å². The Balaban J connectivity index is 1.89. The van der Waals surface area contributed by atoms with E-state index in [1.807, 2.05) is 36.1 Å². The fourth-order valence-electron chi connectivity index (χ4n) is 4.72. The highest BCUT2D eigenvalue weighted by atomic mass is 35.5. The van der Waals surface area contributed by atoms with Crippen molar-refractivity contribution < 1.29 is 9.53 Å². The molecular weight excluding hydrogens is 438 g/mol. The van der Waals surface area contributed by atoms with E-state index in [2.05, 4.69) is 6.92 Å². The van der Waals surface area contributed by atoms with E-state index in [0.717, 1.165) is 32.1 Å². The Morgan fingerprint density at radius 2 is 1.91 bits per heavy atom. The van der Waals surface area contributed by atoms with Gasteiger partial charge in [-0.15, -0.1) is 0 Å². The molecule has 2 aromatic carbocycles. The first-order valence-corrected chi connectivity index (χ1v) is 12.0. The number of amides is 1. The quantitative estimate of drug-likeness (QED) is 0.457. The number of hydrogen-bond donors (Lipinski definition) is 0. The molecule has 0 saturated heterocycles. The largest absolute Gasteiger partial charge is 0.497 e. The molecule has 0 radical (unpaired) electrons. The normalized spacial score (nSPS) is 15.0. The van der Waals surface area contributed by atoms with Crippen molar-refractivity contribution in [2.24, 2.45) is 5.92 Å². The molecule has 1 atom stereocenters. The van der Waals surface area contributed by atoms with Crippen LogP contribution in [0, 0.1) is 5.92 Å². The summed E-state index contributed by atoms with van der Waals surface area (Å²) in [5, 5.41) is 0.998. The van der Waals surface area contributed by atoms with E-state index in [-0.39, 0.29) is 23.4 Å². The lowest BCUT2D eigenvalue weighted by atomic mass is 10.0. The summed E-state index contributed by atoms with van der Waals surface area (Å²) < 4.78 is 6.90. The van der Waals surface area contributed by atoms with Crippen molar-refractivity contribution in [1.82, 2.24) is 14.5 Å². The third kappa shape index (κ3) is 4.62. The van der Waals surface area contributed by atoms with Crippen LogP contribution < -0.4 is 10.3 Å². The van der Waals surface area contributed by atoms with E-state index in [1.54, 1.807) is 29.9 Å². The predicted molar refractivity (Wildman–Crippen MR) is 131 cm³/mol. The Labute approximate surface area is 199 Å². The number of carbonyl (C=O) groups is 1. The molecule has 0 aliphatic heterocycles. The van der Waals surface area contributed by atoms with Crippen molar-refractivity contribution in [2.45, 2.75) is 52.0 Å². The summed E-state index contributed by atoms with van der Waals surface area (Å²) in [6.45, 7) is 4.63. The number of benzene rings is 2. The number of carbonyl (C=O) groups excluding carboxylic acids is 1. The highest BCUT2D eigenvalue weighted by molar-refractivity contribution is 6.31. The Morgan fingerprint density at radius 3 is 2.55 bits per heavy atom. The first kappa shape index (κ1) is 23.3. The van der Waals surface area contributed by atoms with Gasteiger partial charge in [0.1, 0.15) is 11.6 Å². The molecule has 0 N–H and O–H groups in total. The van der Waals surface area contributed by atoms with Gasteiger partial charge in [-0.05, 0) is 68.7 Å². The van der Waals surface area contributed by atoms with Crippen molar-refractivity contribution in [1.29, 1.82) is 0 Å². The lowest BCUT2D eigenvalue weighted by Gasteiger charge is -2.32. The first-order chi connectivity index (χ1) is 15.9. The molecule has 1 amide bonds. The van der Waals surface area contributed by atoms with Gasteiger partial charge >= 0.3 is 0 Å². The molecule has 4 rings (SSSR count). The standard InChI is InChI=1S/C26H30ClN3O3/c1-4-15-29(25(31)18-7-5-6-8-18)17(2)24-28-23-16-19(27)9-14-22(23)26(32)30(24)20-10-12-21(33-3)13-11-20/h9-14,16-18H,4-8,15H2,1-3H3. The fraction of sp³-hybridized carbons (Fsp3) is 0.423. The number of hydrogen-bond acceptors (Lipinski definition) is 4. The van der Waals surface area contributed by atoms with Crippen molar-refractivity contribution in [3.8, 4) is 11.4 Å². The van der Waals surface area contributed by atoms with Crippen molar-refractivity contribution in [2.75, 3.05) is 13.7 Å². The van der Waals surface area contributed by atoms with Crippen LogP contribution in [0.15, 0.2) is 47.3 Å². The monoisotopic (exact) mass is 467 g/mol. The van der Waals surface area contributed by atoms with Gasteiger partial charge in [0.05, 0.1) is 29.7 Å². The maximum atomic E-state index is 13.7. The van der Waals surface area contributed by atoms with Crippen molar-refractivity contribution in [3.63, 3.8) is 0 Å². The molecule has 3 aromatic rings. The average Bonchev–Trinajstić information content (AvgIpc) is 3.36. The average molecular weight is 468 g/mol. The van der Waals surface area contributed by atoms with E-state index in [0.29, 0.717) is 39.7 Å². The van der Waals surface area contributed by atoms with Gasteiger partial charge in [0, 0.05) is 17.5 Å². The van der Waals surface area contributed by atoms with Crippen LogP contribution in [-0.4, -0.2) is 34.0 Å². The van der Waals surface area contributed by atoms with Crippen LogP contribution in [0.1, 0.15) is 57.8 Å². The van der Waals surface area contributed by atoms with Crippen LogP contribution in [0.5, 0.6) is 5.75 Å². The Morgan fingerprint density at radius 1 is 1.21 bits per heavy atom. The maximum Gasteiger partial charge on any atom is 0.266 e. The third-order valence-electron chi connectivity index (χ3n) is 6.48. The first-order valence-electron chi connectivity index (χ1n) is 11.6. The summed E-state index contributed by atoms with van der Waals surface area (Å²) in [6.07, 6.45) is 4.87. The summed E-state index contributed by atoms with van der Waals surface area (Å²) in [4.78, 5) is 33.9. The zero-order chi connectivity index (χ0) is 23.5. The van der Waals surface area contributed by atoms with Crippen LogP contribution in [-0.2, 0) is 4.79 Å². The smallest absolute Gasteiger partial charge is 0.266 e. The fourth-order valence-corrected chi connectivity index (χ4v) is 4.89. The molecule has 1 aliphatic carbocycles. The van der Waals surface area contributed by atoms with Crippen LogP contribution in [0.4, 0.5) is 0 Å². The molecule has 174 valence electrons. The van der Waals surface area contributed by atoms with Gasteiger partial charge in [-0.3, -0.25) is 14.2 Å². The van der Waals surface area contributed by atoms with Gasteiger partial charge < -0.3 is 9.64 Å². The van der Waals surface area contributed by atoms with E-state index in [9.17, 15) is 9.59 Å². The minimum Gasteiger partial charge on any atom is -0.497 e. The topological polar surface area (TPSA) is 64.4 Å².